The zero-order valence-electron chi connectivity index (χ0n) is 42.5. The van der Waals surface area contributed by atoms with E-state index in [0.717, 1.165) is 70.6 Å². The van der Waals surface area contributed by atoms with Gasteiger partial charge in [0.25, 0.3) is 0 Å². The van der Waals surface area contributed by atoms with Crippen molar-refractivity contribution in [3.05, 3.63) is 60.8 Å². The Hall–Kier alpha value is -1.80. The molecule has 374 valence electrons. The van der Waals surface area contributed by atoms with Crippen molar-refractivity contribution < 1.29 is 32.9 Å². The van der Waals surface area contributed by atoms with Crippen molar-refractivity contribution in [3.63, 3.8) is 0 Å². The lowest BCUT2D eigenvalue weighted by molar-refractivity contribution is -0.870. The molecule has 1 amide bonds. The first-order valence-electron chi connectivity index (χ1n) is 26.7. The second-order valence-electron chi connectivity index (χ2n) is 19.2. The third kappa shape index (κ3) is 48.1. The summed E-state index contributed by atoms with van der Waals surface area (Å²) in [6.07, 6.45) is 61.3. The summed E-state index contributed by atoms with van der Waals surface area (Å²) in [4.78, 5) is 23.2. The van der Waals surface area contributed by atoms with E-state index in [1.165, 1.54) is 135 Å². The molecule has 0 rings (SSSR count). The number of phosphoric ester groups is 1. The van der Waals surface area contributed by atoms with Gasteiger partial charge in [-0.2, -0.15) is 0 Å². The maximum Gasteiger partial charge on any atom is 0.472 e. The van der Waals surface area contributed by atoms with Crippen LogP contribution in [0, 0.1) is 0 Å². The Morgan fingerprint density at radius 3 is 1.38 bits per heavy atom. The molecule has 0 aliphatic carbocycles. The number of carbonyl (C=O) groups is 1. The standard InChI is InChI=1S/C55H103N2O6P/c1-6-8-10-12-14-16-18-19-20-21-22-23-24-25-26-27-28-29-30-31-32-33-34-35-36-37-39-41-43-45-47-49-55(59)56-53(52-63-64(60,61)62-51-50-57(3,4)5)54(58)48-46-44-42-40-38-17-15-13-11-9-7-2/h8,10,14,16,19-20,22-23,25-26,53-54,58H,6-7,9,11-13,15,17-18,21,24,27-52H2,1-5H3,(H-,56,59,60,61)/p+1/b10-8-,16-14-,20-19-,23-22-,26-25-. The van der Waals surface area contributed by atoms with Crippen LogP contribution in [-0.4, -0.2) is 73.4 Å². The first kappa shape index (κ1) is 62.2. The van der Waals surface area contributed by atoms with Gasteiger partial charge in [-0.1, -0.05) is 229 Å². The van der Waals surface area contributed by atoms with Crippen molar-refractivity contribution in [2.45, 2.75) is 244 Å². The molecule has 0 aromatic rings. The Labute approximate surface area is 396 Å². The van der Waals surface area contributed by atoms with Gasteiger partial charge in [-0.05, 0) is 57.8 Å². The van der Waals surface area contributed by atoms with E-state index in [-0.39, 0.29) is 19.1 Å². The first-order valence-corrected chi connectivity index (χ1v) is 28.1. The number of phosphoric acid groups is 1. The predicted molar refractivity (Wildman–Crippen MR) is 277 cm³/mol. The number of nitrogens with one attached hydrogen (secondary N) is 1. The molecule has 3 atom stereocenters. The Bertz CT molecular complexity index is 1230. The van der Waals surface area contributed by atoms with Crippen molar-refractivity contribution in [1.82, 2.24) is 5.32 Å². The third-order valence-corrected chi connectivity index (χ3v) is 12.8. The van der Waals surface area contributed by atoms with Crippen LogP contribution in [0.3, 0.4) is 0 Å². The molecule has 0 aliphatic heterocycles. The maximum absolute atomic E-state index is 12.9. The summed E-state index contributed by atoms with van der Waals surface area (Å²) in [6.45, 7) is 4.77. The van der Waals surface area contributed by atoms with E-state index in [0.29, 0.717) is 23.9 Å². The number of likely N-dealkylation sites (N-methyl/N-ethyl adjacent to an activating group) is 1. The second kappa shape index (κ2) is 46.3. The number of allylic oxidation sites excluding steroid dienone is 10. The minimum atomic E-state index is -4.32. The normalized spacial score (nSPS) is 14.5. The fourth-order valence-electron chi connectivity index (χ4n) is 7.60. The average Bonchev–Trinajstić information content (AvgIpc) is 3.25. The molecule has 0 bridgehead atoms. The highest BCUT2D eigenvalue weighted by atomic mass is 31.2. The van der Waals surface area contributed by atoms with Gasteiger partial charge < -0.3 is 19.8 Å². The fourth-order valence-corrected chi connectivity index (χ4v) is 8.34. The van der Waals surface area contributed by atoms with Gasteiger partial charge in [-0.25, -0.2) is 4.57 Å². The van der Waals surface area contributed by atoms with E-state index in [9.17, 15) is 19.4 Å². The summed E-state index contributed by atoms with van der Waals surface area (Å²) < 4.78 is 23.7. The van der Waals surface area contributed by atoms with Crippen LogP contribution in [0.5, 0.6) is 0 Å². The van der Waals surface area contributed by atoms with Gasteiger partial charge in [0.15, 0.2) is 0 Å². The number of carbonyl (C=O) groups excluding carboxylic acids is 1. The average molecular weight is 920 g/mol. The van der Waals surface area contributed by atoms with Crippen LogP contribution in [0.4, 0.5) is 0 Å². The summed E-state index contributed by atoms with van der Waals surface area (Å²) in [7, 11) is 1.61. The minimum absolute atomic E-state index is 0.0737. The lowest BCUT2D eigenvalue weighted by Crippen LogP contribution is -2.46. The maximum atomic E-state index is 12.9. The van der Waals surface area contributed by atoms with Crippen molar-refractivity contribution in [1.29, 1.82) is 0 Å². The van der Waals surface area contributed by atoms with Crippen LogP contribution in [-0.2, 0) is 18.4 Å². The van der Waals surface area contributed by atoms with E-state index in [2.05, 4.69) is 79.9 Å². The van der Waals surface area contributed by atoms with Gasteiger partial charge in [-0.15, -0.1) is 0 Å². The lowest BCUT2D eigenvalue weighted by atomic mass is 10.0. The molecule has 0 aromatic heterocycles. The molecule has 3 N–H and O–H groups in total. The Morgan fingerprint density at radius 1 is 0.547 bits per heavy atom. The zero-order chi connectivity index (χ0) is 47.1. The number of rotatable bonds is 48. The van der Waals surface area contributed by atoms with Crippen molar-refractivity contribution in [3.8, 4) is 0 Å². The van der Waals surface area contributed by atoms with Crippen LogP contribution in [0.25, 0.3) is 0 Å². The molecule has 0 radical (unpaired) electrons. The van der Waals surface area contributed by atoms with Gasteiger partial charge in [0.2, 0.25) is 5.91 Å². The Balaban J connectivity index is 4.04. The van der Waals surface area contributed by atoms with E-state index < -0.39 is 20.0 Å². The van der Waals surface area contributed by atoms with Crippen LogP contribution in [0.1, 0.15) is 232 Å². The highest BCUT2D eigenvalue weighted by molar-refractivity contribution is 7.47. The summed E-state index contributed by atoms with van der Waals surface area (Å²) in [6, 6.07) is -0.760. The van der Waals surface area contributed by atoms with E-state index in [1.807, 2.05) is 21.1 Å². The molecule has 0 fully saturated rings. The topological polar surface area (TPSA) is 105 Å². The SMILES string of the molecule is CC/C=C\C/C=C\C/C=C\C/C=C\C/C=C\CCCCCCCCCCCCCCCCCC(=O)NC(COP(=O)(O)OCC[N+](C)(C)C)C(O)CCCCCCCCCCCCC. The van der Waals surface area contributed by atoms with Gasteiger partial charge >= 0.3 is 7.82 Å². The fraction of sp³-hybridized carbons (Fsp3) is 0.800. The van der Waals surface area contributed by atoms with Gasteiger partial charge in [-0.3, -0.25) is 13.8 Å². The molecule has 0 aromatic carbocycles. The number of aliphatic hydroxyl groups excluding tert-OH is 1. The van der Waals surface area contributed by atoms with Gasteiger partial charge in [0.1, 0.15) is 13.2 Å². The molecule has 0 aliphatic rings. The molecule has 8 nitrogen and oxygen atoms in total. The van der Waals surface area contributed by atoms with Gasteiger partial charge in [0, 0.05) is 6.42 Å². The number of amides is 1. The lowest BCUT2D eigenvalue weighted by Gasteiger charge is -2.26. The van der Waals surface area contributed by atoms with Crippen LogP contribution >= 0.6 is 7.82 Å². The number of hydrogen-bond donors (Lipinski definition) is 3. The molecule has 64 heavy (non-hydrogen) atoms. The Morgan fingerprint density at radius 2 is 0.938 bits per heavy atom. The highest BCUT2D eigenvalue weighted by Crippen LogP contribution is 2.43. The predicted octanol–water partition coefficient (Wildman–Crippen LogP) is 15.8. The van der Waals surface area contributed by atoms with E-state index in [1.54, 1.807) is 0 Å². The summed E-state index contributed by atoms with van der Waals surface area (Å²) in [5, 5.41) is 14.0. The van der Waals surface area contributed by atoms with E-state index in [4.69, 9.17) is 9.05 Å². The molecule has 0 spiro atoms. The highest BCUT2D eigenvalue weighted by Gasteiger charge is 2.28. The van der Waals surface area contributed by atoms with Gasteiger partial charge in [0.05, 0.1) is 39.9 Å². The van der Waals surface area contributed by atoms with Crippen LogP contribution in [0.2, 0.25) is 0 Å². The summed E-state index contributed by atoms with van der Waals surface area (Å²) in [5.74, 6) is -0.147. The monoisotopic (exact) mass is 920 g/mol. The minimum Gasteiger partial charge on any atom is -0.391 e. The largest absolute Gasteiger partial charge is 0.472 e. The number of nitrogens with zero attached hydrogens (tertiary/aromatic N) is 1. The molecule has 0 heterocycles. The molecular weight excluding hydrogens is 816 g/mol. The van der Waals surface area contributed by atoms with E-state index >= 15 is 0 Å². The molecule has 0 saturated carbocycles. The van der Waals surface area contributed by atoms with Crippen LogP contribution < -0.4 is 5.32 Å². The zero-order valence-corrected chi connectivity index (χ0v) is 43.4. The quantitative estimate of drug-likeness (QED) is 0.0243. The number of aliphatic hydroxyl groups is 1. The molecule has 9 heteroatoms. The van der Waals surface area contributed by atoms with Crippen molar-refractivity contribution in [2.75, 3.05) is 40.9 Å². The van der Waals surface area contributed by atoms with Crippen molar-refractivity contribution >= 4 is 13.7 Å². The molecular formula is C55H104N2O6P+. The van der Waals surface area contributed by atoms with Crippen molar-refractivity contribution in [2.24, 2.45) is 0 Å². The smallest absolute Gasteiger partial charge is 0.391 e. The molecule has 0 saturated heterocycles. The second-order valence-corrected chi connectivity index (χ2v) is 20.7. The van der Waals surface area contributed by atoms with Crippen LogP contribution in [0.15, 0.2) is 60.8 Å². The Kier molecular flexibility index (Phi) is 45.0. The number of unbranched alkanes of at least 4 members (excludes halogenated alkanes) is 25. The third-order valence-electron chi connectivity index (χ3n) is 11.8. The number of hydrogen-bond acceptors (Lipinski definition) is 5. The summed E-state index contributed by atoms with van der Waals surface area (Å²) >= 11 is 0. The number of quaternary nitrogens is 1. The molecule has 3 unspecified atom stereocenters. The first-order chi connectivity index (χ1) is 31.0. The summed E-state index contributed by atoms with van der Waals surface area (Å²) in [5.41, 5.74) is 0.